The van der Waals surface area contributed by atoms with Crippen LogP contribution >= 0.6 is 0 Å². The highest BCUT2D eigenvalue weighted by atomic mass is 32.2. The first-order valence-corrected chi connectivity index (χ1v) is 11.7. The van der Waals surface area contributed by atoms with E-state index in [9.17, 15) is 22.7 Å². The summed E-state index contributed by atoms with van der Waals surface area (Å²) in [6.07, 6.45) is 0.342. The van der Waals surface area contributed by atoms with Gasteiger partial charge in [-0.1, -0.05) is 23.8 Å². The maximum Gasteiger partial charge on any atom is 0.273 e. The molecule has 2 aliphatic rings. The molecule has 3 heterocycles. The number of H-pyrrole nitrogens is 1. The molecule has 160 valence electrons. The van der Waals surface area contributed by atoms with Crippen molar-refractivity contribution in [2.45, 2.75) is 25.4 Å². The van der Waals surface area contributed by atoms with E-state index in [1.54, 1.807) is 35.2 Å². The molecule has 0 saturated carbocycles. The maximum absolute atomic E-state index is 13.6. The van der Waals surface area contributed by atoms with Crippen LogP contribution in [0.5, 0.6) is 5.75 Å². The number of aromatic nitrogens is 2. The summed E-state index contributed by atoms with van der Waals surface area (Å²) in [5.74, 6) is -0.828. The lowest BCUT2D eigenvalue weighted by molar-refractivity contribution is 0.0677. The number of sulfone groups is 1. The molecule has 1 fully saturated rings. The zero-order valence-corrected chi connectivity index (χ0v) is 17.5. The van der Waals surface area contributed by atoms with Crippen LogP contribution in [0.4, 0.5) is 4.39 Å². The molecule has 1 aromatic heterocycles. The average Bonchev–Trinajstić information content (AvgIpc) is 3.38. The van der Waals surface area contributed by atoms with Gasteiger partial charge in [-0.15, -0.1) is 0 Å². The quantitative estimate of drug-likeness (QED) is 0.651. The number of rotatable bonds is 3. The number of carbonyl (C=O) groups is 1. The second-order valence-corrected chi connectivity index (χ2v) is 10.3. The number of nitrogens with zero attached hydrogens (tertiary/aromatic N) is 2. The van der Waals surface area contributed by atoms with Gasteiger partial charge in [-0.05, 0) is 43.2 Å². The van der Waals surface area contributed by atoms with E-state index in [1.165, 1.54) is 12.1 Å². The number of aryl methyl sites for hydroxylation is 1. The number of phenols is 1. The molecule has 2 N–H and O–H groups in total. The molecular weight excluding hydrogens is 421 g/mol. The third kappa shape index (κ3) is 3.20. The highest BCUT2D eigenvalue weighted by molar-refractivity contribution is 7.91. The van der Waals surface area contributed by atoms with E-state index in [0.717, 1.165) is 5.56 Å². The molecule has 9 heteroatoms. The fourth-order valence-corrected chi connectivity index (χ4v) is 6.27. The fraction of sp³-hybridized carbons (Fsp3) is 0.273. The van der Waals surface area contributed by atoms with Crippen molar-refractivity contribution in [3.8, 4) is 17.0 Å². The minimum absolute atomic E-state index is 0.0205. The molecular formula is C22H20FN3O4S. The van der Waals surface area contributed by atoms with Gasteiger partial charge in [-0.25, -0.2) is 12.8 Å². The van der Waals surface area contributed by atoms with E-state index in [2.05, 4.69) is 10.2 Å². The van der Waals surface area contributed by atoms with Gasteiger partial charge in [0.15, 0.2) is 9.84 Å². The van der Waals surface area contributed by atoms with Gasteiger partial charge in [-0.2, -0.15) is 5.10 Å². The summed E-state index contributed by atoms with van der Waals surface area (Å²) in [7, 11) is -3.23. The Bertz CT molecular complexity index is 1300. The van der Waals surface area contributed by atoms with Gasteiger partial charge < -0.3 is 10.0 Å². The van der Waals surface area contributed by atoms with Crippen LogP contribution in [0.3, 0.4) is 0 Å². The van der Waals surface area contributed by atoms with Crippen molar-refractivity contribution < 1.29 is 22.7 Å². The molecule has 0 spiro atoms. The van der Waals surface area contributed by atoms with Crippen molar-refractivity contribution >= 4 is 15.7 Å². The van der Waals surface area contributed by atoms with E-state index < -0.39 is 27.7 Å². The monoisotopic (exact) mass is 441 g/mol. The number of fused-ring (bicyclic) bond motifs is 1. The topological polar surface area (TPSA) is 103 Å². The SMILES string of the molecule is Cc1ccc(O)c(-c2n[nH]c3c2C(c2ccc(F)cc2)N(C2CCS(=O)(=O)C2)C3=O)c1. The number of aromatic hydroxyl groups is 1. The van der Waals surface area contributed by atoms with E-state index >= 15 is 0 Å². The van der Waals surface area contributed by atoms with Gasteiger partial charge in [0.05, 0.1) is 17.5 Å². The van der Waals surface area contributed by atoms with Crippen LogP contribution < -0.4 is 0 Å². The molecule has 2 unspecified atom stereocenters. The summed E-state index contributed by atoms with van der Waals surface area (Å²) in [4.78, 5) is 14.9. The largest absolute Gasteiger partial charge is 0.507 e. The van der Waals surface area contributed by atoms with Crippen LogP contribution in [-0.2, 0) is 9.84 Å². The van der Waals surface area contributed by atoms with E-state index in [1.807, 2.05) is 6.92 Å². The lowest BCUT2D eigenvalue weighted by Crippen LogP contribution is -2.40. The zero-order valence-electron chi connectivity index (χ0n) is 16.7. The van der Waals surface area contributed by atoms with Crippen molar-refractivity contribution in [2.24, 2.45) is 0 Å². The third-order valence-electron chi connectivity index (χ3n) is 6.00. The van der Waals surface area contributed by atoms with Crippen molar-refractivity contribution in [1.29, 1.82) is 0 Å². The van der Waals surface area contributed by atoms with Gasteiger partial charge in [0.1, 0.15) is 23.0 Å². The predicted octanol–water partition coefficient (Wildman–Crippen LogP) is 2.96. The summed E-state index contributed by atoms with van der Waals surface area (Å²) in [5, 5.41) is 17.6. The highest BCUT2D eigenvalue weighted by Crippen LogP contribution is 2.46. The first-order chi connectivity index (χ1) is 14.7. The molecule has 3 aromatic rings. The Balaban J connectivity index is 1.70. The number of hydrogen-bond donors (Lipinski definition) is 2. The van der Waals surface area contributed by atoms with Crippen molar-refractivity contribution in [3.05, 3.63) is 70.7 Å². The Labute approximate surface area is 178 Å². The maximum atomic E-state index is 13.6. The summed E-state index contributed by atoms with van der Waals surface area (Å²) < 4.78 is 37.9. The van der Waals surface area contributed by atoms with E-state index in [0.29, 0.717) is 28.8 Å². The average molecular weight is 441 g/mol. The number of carbonyl (C=O) groups excluding carboxylic acids is 1. The summed E-state index contributed by atoms with van der Waals surface area (Å²) in [6.45, 7) is 1.88. The third-order valence-corrected chi connectivity index (χ3v) is 7.75. The fourth-order valence-electron chi connectivity index (χ4n) is 4.55. The lowest BCUT2D eigenvalue weighted by atomic mass is 9.94. The number of aromatic amines is 1. The summed E-state index contributed by atoms with van der Waals surface area (Å²) in [5.41, 5.74) is 3.26. The number of hydrogen-bond acceptors (Lipinski definition) is 5. The van der Waals surface area contributed by atoms with Crippen LogP contribution in [0.1, 0.15) is 39.6 Å². The first-order valence-electron chi connectivity index (χ1n) is 9.92. The minimum Gasteiger partial charge on any atom is -0.507 e. The minimum atomic E-state index is -3.23. The molecule has 2 aromatic carbocycles. The number of benzene rings is 2. The van der Waals surface area contributed by atoms with Crippen molar-refractivity contribution in [2.75, 3.05) is 11.5 Å². The normalized spacial score (nSPS) is 22.1. The van der Waals surface area contributed by atoms with Crippen molar-refractivity contribution in [1.82, 2.24) is 15.1 Å². The first kappa shape index (κ1) is 19.7. The predicted molar refractivity (Wildman–Crippen MR) is 112 cm³/mol. The Morgan fingerprint density at radius 1 is 1.19 bits per heavy atom. The van der Waals surface area contributed by atoms with Gasteiger partial charge in [0, 0.05) is 17.2 Å². The molecule has 0 radical (unpaired) electrons. The van der Waals surface area contributed by atoms with Crippen LogP contribution in [0.25, 0.3) is 11.3 Å². The Morgan fingerprint density at radius 2 is 1.94 bits per heavy atom. The Hall–Kier alpha value is -3.20. The molecule has 0 bridgehead atoms. The van der Waals surface area contributed by atoms with Crippen molar-refractivity contribution in [3.63, 3.8) is 0 Å². The van der Waals surface area contributed by atoms with Gasteiger partial charge >= 0.3 is 0 Å². The number of halogens is 1. The number of amides is 1. The number of nitrogens with one attached hydrogen (secondary N) is 1. The Morgan fingerprint density at radius 3 is 2.61 bits per heavy atom. The molecule has 1 saturated heterocycles. The van der Waals surface area contributed by atoms with Gasteiger partial charge in [0.25, 0.3) is 5.91 Å². The highest BCUT2D eigenvalue weighted by Gasteiger charge is 2.48. The second kappa shape index (κ2) is 6.91. The van der Waals surface area contributed by atoms with Crippen LogP contribution in [0.15, 0.2) is 42.5 Å². The van der Waals surface area contributed by atoms with Crippen LogP contribution in [-0.4, -0.2) is 52.1 Å². The standard InChI is InChI=1S/C22H20FN3O4S/c1-12-2-7-17(27)16(10-12)19-18-20(25-24-19)22(28)26(15-8-9-31(29,30)11-15)21(18)13-3-5-14(23)6-4-13/h2-7,10,15,21,27H,8-9,11H2,1H3,(H,24,25). The summed E-state index contributed by atoms with van der Waals surface area (Å²) >= 11 is 0. The summed E-state index contributed by atoms with van der Waals surface area (Å²) in [6, 6.07) is 9.78. The number of phenolic OH excluding ortho intramolecular Hbond substituents is 1. The van der Waals surface area contributed by atoms with Crippen LogP contribution in [0, 0.1) is 12.7 Å². The van der Waals surface area contributed by atoms with E-state index in [-0.39, 0.29) is 28.9 Å². The van der Waals surface area contributed by atoms with Gasteiger partial charge in [0.2, 0.25) is 0 Å². The Kier molecular flexibility index (Phi) is 4.40. The molecule has 0 aliphatic carbocycles. The lowest BCUT2D eigenvalue weighted by Gasteiger charge is -2.31. The molecule has 31 heavy (non-hydrogen) atoms. The van der Waals surface area contributed by atoms with Crippen LogP contribution in [0.2, 0.25) is 0 Å². The molecule has 2 atom stereocenters. The second-order valence-electron chi connectivity index (χ2n) is 8.10. The molecule has 2 aliphatic heterocycles. The zero-order chi connectivity index (χ0) is 21.9. The molecule has 5 rings (SSSR count). The molecule has 7 nitrogen and oxygen atoms in total. The van der Waals surface area contributed by atoms with E-state index in [4.69, 9.17) is 0 Å². The molecule has 1 amide bonds. The van der Waals surface area contributed by atoms with Gasteiger partial charge in [-0.3, -0.25) is 9.89 Å². The smallest absolute Gasteiger partial charge is 0.273 e.